The standard InChI is InChI=1S/C18H24N4O/c1-3-22(2)13-12-20-18(19)21-15-8-7-11-17(14-15)23-16-9-5-4-6-10-16/h4-11,14H,3,12-13H2,1-2H3,(H3,19,20,21). The van der Waals surface area contributed by atoms with E-state index in [-0.39, 0.29) is 0 Å². The van der Waals surface area contributed by atoms with Gasteiger partial charge in [-0.1, -0.05) is 31.2 Å². The van der Waals surface area contributed by atoms with Gasteiger partial charge >= 0.3 is 0 Å². The molecule has 3 N–H and O–H groups in total. The molecule has 0 unspecified atom stereocenters. The van der Waals surface area contributed by atoms with E-state index in [2.05, 4.69) is 29.2 Å². The Morgan fingerprint density at radius 3 is 2.61 bits per heavy atom. The number of hydrogen-bond donors (Lipinski definition) is 2. The Kier molecular flexibility index (Phi) is 6.44. The Morgan fingerprint density at radius 2 is 1.87 bits per heavy atom. The van der Waals surface area contributed by atoms with Crippen LogP contribution in [-0.4, -0.2) is 37.5 Å². The minimum Gasteiger partial charge on any atom is -0.457 e. The van der Waals surface area contributed by atoms with Crippen molar-refractivity contribution in [3.05, 3.63) is 54.6 Å². The fourth-order valence-corrected chi connectivity index (χ4v) is 1.95. The number of nitrogens with two attached hydrogens (primary N) is 1. The van der Waals surface area contributed by atoms with Gasteiger partial charge in [-0.2, -0.15) is 0 Å². The molecule has 5 heteroatoms. The number of anilines is 1. The van der Waals surface area contributed by atoms with E-state index in [9.17, 15) is 0 Å². The largest absolute Gasteiger partial charge is 0.457 e. The van der Waals surface area contributed by atoms with Crippen molar-refractivity contribution in [3.8, 4) is 11.5 Å². The van der Waals surface area contributed by atoms with Gasteiger partial charge < -0.3 is 20.7 Å². The number of likely N-dealkylation sites (N-methyl/N-ethyl adjacent to an activating group) is 1. The van der Waals surface area contributed by atoms with Crippen molar-refractivity contribution in [2.24, 2.45) is 10.7 Å². The molecule has 0 aliphatic heterocycles. The molecule has 2 aromatic carbocycles. The second-order valence-electron chi connectivity index (χ2n) is 5.23. The van der Waals surface area contributed by atoms with E-state index in [1.54, 1.807) is 0 Å². The smallest absolute Gasteiger partial charge is 0.193 e. The summed E-state index contributed by atoms with van der Waals surface area (Å²) in [6.45, 7) is 4.67. The molecule has 0 aromatic heterocycles. The minimum atomic E-state index is 0.409. The molecule has 0 bridgehead atoms. The molecule has 2 aromatic rings. The average molecular weight is 312 g/mol. The summed E-state index contributed by atoms with van der Waals surface area (Å²) < 4.78 is 5.80. The second-order valence-corrected chi connectivity index (χ2v) is 5.23. The van der Waals surface area contributed by atoms with Crippen molar-refractivity contribution in [1.82, 2.24) is 4.90 Å². The van der Waals surface area contributed by atoms with E-state index < -0.39 is 0 Å². The molecular weight excluding hydrogens is 288 g/mol. The van der Waals surface area contributed by atoms with Crippen LogP contribution in [-0.2, 0) is 0 Å². The van der Waals surface area contributed by atoms with Gasteiger partial charge in [0.25, 0.3) is 0 Å². The lowest BCUT2D eigenvalue weighted by molar-refractivity contribution is 0.363. The Bertz CT molecular complexity index is 628. The van der Waals surface area contributed by atoms with Gasteiger partial charge in [0.15, 0.2) is 5.96 Å². The lowest BCUT2D eigenvalue weighted by Crippen LogP contribution is -2.26. The number of para-hydroxylation sites is 1. The summed E-state index contributed by atoms with van der Waals surface area (Å²) >= 11 is 0. The monoisotopic (exact) mass is 312 g/mol. The zero-order valence-electron chi connectivity index (χ0n) is 13.7. The SMILES string of the molecule is CCN(C)CCN=C(N)Nc1cccc(Oc2ccccc2)c1. The Morgan fingerprint density at radius 1 is 1.13 bits per heavy atom. The highest BCUT2D eigenvalue weighted by molar-refractivity contribution is 5.92. The van der Waals surface area contributed by atoms with Gasteiger partial charge in [-0.25, -0.2) is 0 Å². The number of ether oxygens (including phenoxy) is 1. The fraction of sp³-hybridized carbons (Fsp3) is 0.278. The Labute approximate surface area is 137 Å². The lowest BCUT2D eigenvalue weighted by atomic mass is 10.3. The molecule has 0 aliphatic rings. The van der Waals surface area contributed by atoms with Gasteiger partial charge in [-0.05, 0) is 37.9 Å². The molecule has 2 rings (SSSR count). The Hall–Kier alpha value is -2.53. The third kappa shape index (κ3) is 6.00. The van der Waals surface area contributed by atoms with Gasteiger partial charge in [-0.3, -0.25) is 4.99 Å². The third-order valence-corrected chi connectivity index (χ3v) is 3.39. The van der Waals surface area contributed by atoms with Gasteiger partial charge in [0.2, 0.25) is 0 Å². The van der Waals surface area contributed by atoms with Crippen LogP contribution in [0.25, 0.3) is 0 Å². The van der Waals surface area contributed by atoms with Crippen molar-refractivity contribution in [1.29, 1.82) is 0 Å². The molecule has 0 saturated heterocycles. The predicted octanol–water partition coefficient (Wildman–Crippen LogP) is 3.16. The van der Waals surface area contributed by atoms with Crippen LogP contribution in [0.5, 0.6) is 11.5 Å². The van der Waals surface area contributed by atoms with Crippen LogP contribution >= 0.6 is 0 Å². The van der Waals surface area contributed by atoms with Gasteiger partial charge in [0, 0.05) is 18.3 Å². The summed E-state index contributed by atoms with van der Waals surface area (Å²) in [7, 11) is 2.06. The predicted molar refractivity (Wildman–Crippen MR) is 96.2 cm³/mol. The van der Waals surface area contributed by atoms with Crippen molar-refractivity contribution < 1.29 is 4.74 Å². The van der Waals surface area contributed by atoms with Crippen LogP contribution in [0.15, 0.2) is 59.6 Å². The van der Waals surface area contributed by atoms with Gasteiger partial charge in [0.05, 0.1) is 6.54 Å². The van der Waals surface area contributed by atoms with E-state index in [0.717, 1.165) is 30.3 Å². The minimum absolute atomic E-state index is 0.409. The highest BCUT2D eigenvalue weighted by atomic mass is 16.5. The lowest BCUT2D eigenvalue weighted by Gasteiger charge is -2.12. The first kappa shape index (κ1) is 16.8. The summed E-state index contributed by atoms with van der Waals surface area (Å²) in [5.74, 6) is 1.96. The summed E-state index contributed by atoms with van der Waals surface area (Å²) in [5, 5.41) is 3.09. The zero-order valence-corrected chi connectivity index (χ0v) is 13.7. The topological polar surface area (TPSA) is 62.9 Å². The average Bonchev–Trinajstić information content (AvgIpc) is 2.56. The van der Waals surface area contributed by atoms with E-state index in [1.165, 1.54) is 0 Å². The number of benzene rings is 2. The first-order chi connectivity index (χ1) is 11.2. The quantitative estimate of drug-likeness (QED) is 0.609. The molecular formula is C18H24N4O. The number of nitrogens with zero attached hydrogens (tertiary/aromatic N) is 2. The zero-order chi connectivity index (χ0) is 16.5. The first-order valence-corrected chi connectivity index (χ1v) is 7.76. The summed E-state index contributed by atoms with van der Waals surface area (Å²) in [5.41, 5.74) is 6.77. The van der Waals surface area contributed by atoms with Crippen molar-refractivity contribution >= 4 is 11.6 Å². The van der Waals surface area contributed by atoms with Crippen LogP contribution in [0.2, 0.25) is 0 Å². The normalized spacial score (nSPS) is 11.5. The van der Waals surface area contributed by atoms with E-state index in [4.69, 9.17) is 10.5 Å². The van der Waals surface area contributed by atoms with Crippen LogP contribution in [0.4, 0.5) is 5.69 Å². The maximum atomic E-state index is 5.92. The van der Waals surface area contributed by atoms with E-state index in [0.29, 0.717) is 12.5 Å². The summed E-state index contributed by atoms with van der Waals surface area (Å²) in [6.07, 6.45) is 0. The van der Waals surface area contributed by atoms with E-state index >= 15 is 0 Å². The maximum absolute atomic E-state index is 5.92. The molecule has 0 heterocycles. The number of nitrogens with one attached hydrogen (secondary N) is 1. The second kappa shape index (κ2) is 8.80. The third-order valence-electron chi connectivity index (χ3n) is 3.39. The highest BCUT2D eigenvalue weighted by Crippen LogP contribution is 2.23. The van der Waals surface area contributed by atoms with Crippen LogP contribution in [0, 0.1) is 0 Å². The number of rotatable bonds is 7. The molecule has 23 heavy (non-hydrogen) atoms. The molecule has 0 fully saturated rings. The van der Waals surface area contributed by atoms with Crippen molar-refractivity contribution in [2.75, 3.05) is 32.0 Å². The Balaban J connectivity index is 1.93. The molecule has 0 amide bonds. The number of aliphatic imine (C=N–C) groups is 1. The van der Waals surface area contributed by atoms with Crippen LogP contribution in [0.1, 0.15) is 6.92 Å². The maximum Gasteiger partial charge on any atom is 0.193 e. The molecule has 5 nitrogen and oxygen atoms in total. The van der Waals surface area contributed by atoms with Crippen molar-refractivity contribution in [2.45, 2.75) is 6.92 Å². The summed E-state index contributed by atoms with van der Waals surface area (Å²) in [6, 6.07) is 17.3. The van der Waals surface area contributed by atoms with Gasteiger partial charge in [-0.15, -0.1) is 0 Å². The molecule has 0 spiro atoms. The fourth-order valence-electron chi connectivity index (χ4n) is 1.95. The number of guanidine groups is 1. The summed E-state index contributed by atoms with van der Waals surface area (Å²) in [4.78, 5) is 6.51. The van der Waals surface area contributed by atoms with Gasteiger partial charge in [0.1, 0.15) is 11.5 Å². The highest BCUT2D eigenvalue weighted by Gasteiger charge is 2.00. The van der Waals surface area contributed by atoms with Crippen LogP contribution in [0.3, 0.4) is 0 Å². The molecule has 0 radical (unpaired) electrons. The molecule has 0 aliphatic carbocycles. The molecule has 0 atom stereocenters. The first-order valence-electron chi connectivity index (χ1n) is 7.76. The van der Waals surface area contributed by atoms with Crippen molar-refractivity contribution in [3.63, 3.8) is 0 Å². The number of hydrogen-bond acceptors (Lipinski definition) is 3. The molecule has 122 valence electrons. The van der Waals surface area contributed by atoms with E-state index in [1.807, 2.05) is 54.6 Å². The molecule has 0 saturated carbocycles. The van der Waals surface area contributed by atoms with Crippen LogP contribution < -0.4 is 15.8 Å².